The molecule has 1 heterocycles. The number of rotatable bonds is 10. The minimum atomic E-state index is 0. The molecule has 0 unspecified atom stereocenters. The summed E-state index contributed by atoms with van der Waals surface area (Å²) in [5.74, 6) is 2.49. The monoisotopic (exact) mass is 502 g/mol. The SMILES string of the molecule is CCc1noc(CC)c1CNC(=NC)NCc1cccc(OCCOC)c1.I. The lowest BCUT2D eigenvalue weighted by Gasteiger charge is -2.13. The number of halogens is 1. The molecule has 0 aliphatic rings. The molecule has 8 heteroatoms. The van der Waals surface area contributed by atoms with E-state index in [0.29, 0.717) is 26.3 Å². The molecule has 2 N–H and O–H groups in total. The maximum atomic E-state index is 5.65. The summed E-state index contributed by atoms with van der Waals surface area (Å²) in [5.41, 5.74) is 3.23. The van der Waals surface area contributed by atoms with Gasteiger partial charge in [-0.05, 0) is 24.1 Å². The summed E-state index contributed by atoms with van der Waals surface area (Å²) in [5, 5.41) is 10.8. The molecule has 1 aromatic carbocycles. The average Bonchev–Trinajstić information content (AvgIpc) is 3.10. The first-order chi connectivity index (χ1) is 13.2. The normalized spacial score (nSPS) is 11.1. The van der Waals surface area contributed by atoms with Crippen LogP contribution in [-0.2, 0) is 30.7 Å². The standard InChI is InChI=1S/C20H30N4O3.HI/c1-5-18-17(19(6-2)27-24-18)14-23-20(21-3)22-13-15-8-7-9-16(12-15)26-11-10-25-4;/h7-9,12H,5-6,10-11,13-14H2,1-4H3,(H2,21,22,23);1H. The zero-order valence-electron chi connectivity index (χ0n) is 17.1. The highest BCUT2D eigenvalue weighted by atomic mass is 127. The Hall–Kier alpha value is -1.81. The first-order valence-corrected chi connectivity index (χ1v) is 9.33. The molecule has 0 radical (unpaired) electrons. The van der Waals surface area contributed by atoms with E-state index in [0.717, 1.165) is 47.1 Å². The van der Waals surface area contributed by atoms with Crippen molar-refractivity contribution >= 4 is 29.9 Å². The Morgan fingerprint density at radius 3 is 2.61 bits per heavy atom. The van der Waals surface area contributed by atoms with E-state index < -0.39 is 0 Å². The molecule has 0 saturated heterocycles. The molecular weight excluding hydrogens is 471 g/mol. The lowest BCUT2D eigenvalue weighted by atomic mass is 10.1. The van der Waals surface area contributed by atoms with Crippen molar-refractivity contribution in [2.45, 2.75) is 39.8 Å². The van der Waals surface area contributed by atoms with Crippen molar-refractivity contribution < 1.29 is 14.0 Å². The molecule has 0 bridgehead atoms. The molecule has 28 heavy (non-hydrogen) atoms. The van der Waals surface area contributed by atoms with Gasteiger partial charge in [0.25, 0.3) is 0 Å². The summed E-state index contributed by atoms with van der Waals surface area (Å²) in [6.45, 7) is 6.53. The highest BCUT2D eigenvalue weighted by molar-refractivity contribution is 14.0. The summed E-state index contributed by atoms with van der Waals surface area (Å²) in [4.78, 5) is 4.29. The van der Waals surface area contributed by atoms with Gasteiger partial charge in [-0.2, -0.15) is 0 Å². The number of guanidine groups is 1. The zero-order chi connectivity index (χ0) is 19.5. The van der Waals surface area contributed by atoms with E-state index in [9.17, 15) is 0 Å². The fourth-order valence-corrected chi connectivity index (χ4v) is 2.70. The van der Waals surface area contributed by atoms with Crippen LogP contribution in [0.3, 0.4) is 0 Å². The van der Waals surface area contributed by atoms with Gasteiger partial charge in [-0.1, -0.05) is 31.1 Å². The molecule has 0 aliphatic heterocycles. The van der Waals surface area contributed by atoms with Crippen LogP contribution < -0.4 is 15.4 Å². The number of aliphatic imine (C=N–C) groups is 1. The number of aromatic nitrogens is 1. The molecule has 156 valence electrons. The number of aryl methyl sites for hydroxylation is 2. The third kappa shape index (κ3) is 7.31. The number of ether oxygens (including phenoxy) is 2. The van der Waals surface area contributed by atoms with Gasteiger partial charge in [-0.15, -0.1) is 24.0 Å². The highest BCUT2D eigenvalue weighted by Crippen LogP contribution is 2.15. The number of methoxy groups -OCH3 is 1. The lowest BCUT2D eigenvalue weighted by molar-refractivity contribution is 0.146. The number of nitrogens with zero attached hydrogens (tertiary/aromatic N) is 2. The fraction of sp³-hybridized carbons (Fsp3) is 0.500. The molecule has 0 saturated carbocycles. The summed E-state index contributed by atoms with van der Waals surface area (Å²) in [6, 6.07) is 7.98. The van der Waals surface area contributed by atoms with E-state index in [-0.39, 0.29) is 24.0 Å². The van der Waals surface area contributed by atoms with Crippen LogP contribution in [0.2, 0.25) is 0 Å². The fourth-order valence-electron chi connectivity index (χ4n) is 2.70. The third-order valence-electron chi connectivity index (χ3n) is 4.18. The van der Waals surface area contributed by atoms with Gasteiger partial charge >= 0.3 is 0 Å². The smallest absolute Gasteiger partial charge is 0.191 e. The Balaban J connectivity index is 0.00000392. The zero-order valence-corrected chi connectivity index (χ0v) is 19.4. The number of benzene rings is 1. The van der Waals surface area contributed by atoms with Gasteiger partial charge in [0.15, 0.2) is 5.96 Å². The lowest BCUT2D eigenvalue weighted by Crippen LogP contribution is -2.36. The molecule has 0 aliphatic carbocycles. The van der Waals surface area contributed by atoms with Crippen molar-refractivity contribution in [2.24, 2.45) is 4.99 Å². The molecule has 7 nitrogen and oxygen atoms in total. The van der Waals surface area contributed by atoms with Gasteiger partial charge < -0.3 is 24.6 Å². The predicted octanol–water partition coefficient (Wildman–Crippen LogP) is 3.31. The Kier molecular flexibility index (Phi) is 11.6. The summed E-state index contributed by atoms with van der Waals surface area (Å²) >= 11 is 0. The third-order valence-corrected chi connectivity index (χ3v) is 4.18. The molecule has 0 amide bonds. The van der Waals surface area contributed by atoms with Crippen LogP contribution in [0.15, 0.2) is 33.8 Å². The van der Waals surface area contributed by atoms with Gasteiger partial charge in [0, 0.05) is 39.2 Å². The van der Waals surface area contributed by atoms with Crippen molar-refractivity contribution in [3.8, 4) is 5.75 Å². The van der Waals surface area contributed by atoms with Crippen LogP contribution in [0.5, 0.6) is 5.75 Å². The van der Waals surface area contributed by atoms with Crippen molar-refractivity contribution in [3.05, 3.63) is 46.8 Å². The van der Waals surface area contributed by atoms with Gasteiger partial charge in [0.05, 0.1) is 12.3 Å². The van der Waals surface area contributed by atoms with Crippen molar-refractivity contribution in [2.75, 3.05) is 27.4 Å². The second-order valence-corrected chi connectivity index (χ2v) is 6.01. The van der Waals surface area contributed by atoms with Crippen LogP contribution in [0.4, 0.5) is 0 Å². The minimum Gasteiger partial charge on any atom is -0.491 e. The summed E-state index contributed by atoms with van der Waals surface area (Å²) in [6.07, 6.45) is 1.67. The second-order valence-electron chi connectivity index (χ2n) is 6.01. The van der Waals surface area contributed by atoms with Gasteiger partial charge in [0.1, 0.15) is 18.1 Å². The Morgan fingerprint density at radius 2 is 1.93 bits per heavy atom. The van der Waals surface area contributed by atoms with Crippen molar-refractivity contribution in [1.29, 1.82) is 0 Å². The molecule has 2 aromatic rings. The molecule has 0 spiro atoms. The molecule has 0 atom stereocenters. The molecule has 1 aromatic heterocycles. The average molecular weight is 502 g/mol. The van der Waals surface area contributed by atoms with Gasteiger partial charge in [0.2, 0.25) is 0 Å². The number of hydrogen-bond acceptors (Lipinski definition) is 5. The van der Waals surface area contributed by atoms with E-state index in [1.807, 2.05) is 24.3 Å². The predicted molar refractivity (Wildman–Crippen MR) is 122 cm³/mol. The molecular formula is C20H31IN4O3. The van der Waals surface area contributed by atoms with Gasteiger partial charge in [-0.25, -0.2) is 0 Å². The van der Waals surface area contributed by atoms with E-state index in [4.69, 9.17) is 14.0 Å². The van der Waals surface area contributed by atoms with Crippen LogP contribution in [0, 0.1) is 0 Å². The van der Waals surface area contributed by atoms with Crippen LogP contribution in [0.25, 0.3) is 0 Å². The molecule has 2 rings (SSSR count). The summed E-state index contributed by atoms with van der Waals surface area (Å²) in [7, 11) is 3.42. The van der Waals surface area contributed by atoms with E-state index in [2.05, 4.69) is 34.6 Å². The Labute approximate surface area is 184 Å². The maximum Gasteiger partial charge on any atom is 0.191 e. The topological polar surface area (TPSA) is 80.9 Å². The van der Waals surface area contributed by atoms with E-state index in [1.165, 1.54) is 0 Å². The first-order valence-electron chi connectivity index (χ1n) is 9.33. The molecule has 0 fully saturated rings. The largest absolute Gasteiger partial charge is 0.491 e. The van der Waals surface area contributed by atoms with E-state index >= 15 is 0 Å². The van der Waals surface area contributed by atoms with Gasteiger partial charge in [-0.3, -0.25) is 4.99 Å². The summed E-state index contributed by atoms with van der Waals surface area (Å²) < 4.78 is 16.1. The first kappa shape index (κ1) is 24.2. The van der Waals surface area contributed by atoms with Crippen LogP contribution >= 0.6 is 24.0 Å². The number of hydrogen-bond donors (Lipinski definition) is 2. The van der Waals surface area contributed by atoms with E-state index in [1.54, 1.807) is 14.2 Å². The quantitative estimate of drug-likeness (QED) is 0.225. The Bertz CT molecular complexity index is 712. The van der Waals surface area contributed by atoms with Crippen molar-refractivity contribution in [1.82, 2.24) is 15.8 Å². The van der Waals surface area contributed by atoms with Crippen molar-refractivity contribution in [3.63, 3.8) is 0 Å². The van der Waals surface area contributed by atoms with Crippen LogP contribution in [0.1, 0.15) is 36.4 Å². The Morgan fingerprint density at radius 1 is 1.14 bits per heavy atom. The number of nitrogens with one attached hydrogen (secondary N) is 2. The maximum absolute atomic E-state index is 5.65. The highest BCUT2D eigenvalue weighted by Gasteiger charge is 2.13. The van der Waals surface area contributed by atoms with Crippen LogP contribution in [-0.4, -0.2) is 38.5 Å². The second kappa shape index (κ2) is 13.4. The minimum absolute atomic E-state index is 0.